The lowest BCUT2D eigenvalue weighted by Gasteiger charge is -2.42. The summed E-state index contributed by atoms with van der Waals surface area (Å²) in [6.45, 7) is 12.1. The van der Waals surface area contributed by atoms with Crippen LogP contribution in [0.25, 0.3) is 0 Å². The van der Waals surface area contributed by atoms with Gasteiger partial charge in [-0.1, -0.05) is 69.2 Å². The summed E-state index contributed by atoms with van der Waals surface area (Å²) < 4.78 is 0. The molecule has 2 heteroatoms. The number of rotatable bonds is 2. The van der Waals surface area contributed by atoms with E-state index in [-0.39, 0.29) is 10.8 Å². The number of hydrogen-bond acceptors (Lipinski definition) is 1. The molecule has 2 aliphatic rings. The highest BCUT2D eigenvalue weighted by molar-refractivity contribution is 6.32. The predicted molar refractivity (Wildman–Crippen MR) is 105 cm³/mol. The highest BCUT2D eigenvalue weighted by Crippen LogP contribution is 2.49. The quantitative estimate of drug-likeness (QED) is 0.579. The van der Waals surface area contributed by atoms with Crippen LogP contribution in [-0.2, 0) is 17.4 Å². The van der Waals surface area contributed by atoms with Crippen molar-refractivity contribution in [3.05, 3.63) is 57.6 Å². The third-order valence-corrected chi connectivity index (χ3v) is 6.06. The summed E-state index contributed by atoms with van der Waals surface area (Å²) in [5.74, 6) is 0. The van der Waals surface area contributed by atoms with E-state index in [4.69, 9.17) is 16.6 Å². The number of halogens is 1. The first-order valence-electron chi connectivity index (χ1n) is 8.91. The van der Waals surface area contributed by atoms with Gasteiger partial charge in [-0.05, 0) is 53.4 Å². The fraction of sp³-hybridized carbons (Fsp3) is 0.500. The lowest BCUT2D eigenvalue weighted by atomic mass is 9.63. The highest BCUT2D eigenvalue weighted by atomic mass is 35.5. The van der Waals surface area contributed by atoms with Crippen molar-refractivity contribution in [1.82, 2.24) is 0 Å². The summed E-state index contributed by atoms with van der Waals surface area (Å²) in [5, 5.41) is 0.932. The molecule has 0 saturated heterocycles. The predicted octanol–water partition coefficient (Wildman–Crippen LogP) is 6.54. The van der Waals surface area contributed by atoms with Crippen molar-refractivity contribution in [3.63, 3.8) is 0 Å². The summed E-state index contributed by atoms with van der Waals surface area (Å²) in [5.41, 5.74) is 6.68. The minimum Gasteiger partial charge on any atom is -0.285 e. The van der Waals surface area contributed by atoms with E-state index in [9.17, 15) is 0 Å². The van der Waals surface area contributed by atoms with Crippen molar-refractivity contribution in [1.29, 1.82) is 0 Å². The first kappa shape index (κ1) is 17.5. The Bertz CT molecular complexity index is 747. The monoisotopic (exact) mass is 341 g/mol. The van der Waals surface area contributed by atoms with Crippen LogP contribution in [0.4, 0.5) is 0 Å². The molecule has 0 heterocycles. The lowest BCUT2D eigenvalue weighted by molar-refractivity contribution is 0.331. The minimum atomic E-state index is 0.135. The lowest BCUT2D eigenvalue weighted by Crippen LogP contribution is -2.34. The molecule has 0 spiro atoms. The van der Waals surface area contributed by atoms with Gasteiger partial charge in [0.05, 0.1) is 6.54 Å². The zero-order valence-electron chi connectivity index (χ0n) is 15.5. The molecule has 0 aromatic heterocycles. The van der Waals surface area contributed by atoms with Crippen LogP contribution in [0.5, 0.6) is 0 Å². The van der Waals surface area contributed by atoms with Gasteiger partial charge in [0.15, 0.2) is 0 Å². The molecule has 0 radical (unpaired) electrons. The van der Waals surface area contributed by atoms with E-state index in [2.05, 4.69) is 65.0 Å². The second-order valence-electron chi connectivity index (χ2n) is 8.52. The summed E-state index contributed by atoms with van der Waals surface area (Å²) >= 11 is 6.88. The van der Waals surface area contributed by atoms with E-state index in [1.165, 1.54) is 29.5 Å². The molecule has 1 aromatic carbocycles. The zero-order valence-corrected chi connectivity index (χ0v) is 16.3. The second kappa shape index (κ2) is 6.19. The fourth-order valence-electron chi connectivity index (χ4n) is 3.78. The van der Waals surface area contributed by atoms with E-state index in [0.717, 1.165) is 22.7 Å². The van der Waals surface area contributed by atoms with Gasteiger partial charge in [-0.25, -0.2) is 0 Å². The number of benzene rings is 1. The van der Waals surface area contributed by atoms with Gasteiger partial charge in [-0.2, -0.15) is 0 Å². The Morgan fingerprint density at radius 3 is 2.42 bits per heavy atom. The van der Waals surface area contributed by atoms with E-state index < -0.39 is 0 Å². The fourth-order valence-corrected chi connectivity index (χ4v) is 4.27. The molecule has 0 fully saturated rings. The van der Waals surface area contributed by atoms with E-state index in [0.29, 0.717) is 6.54 Å². The normalized spacial score (nSPS) is 23.1. The number of hydrogen-bond donors (Lipinski definition) is 0. The number of nitrogens with zero attached hydrogens (tertiary/aromatic N) is 1. The first-order chi connectivity index (χ1) is 11.2. The van der Waals surface area contributed by atoms with Gasteiger partial charge in [0.25, 0.3) is 0 Å². The average molecular weight is 342 g/mol. The van der Waals surface area contributed by atoms with Crippen molar-refractivity contribution < 1.29 is 0 Å². The largest absolute Gasteiger partial charge is 0.285 e. The van der Waals surface area contributed by atoms with Crippen LogP contribution in [0, 0.1) is 0 Å². The van der Waals surface area contributed by atoms with Crippen LogP contribution >= 0.6 is 11.6 Å². The molecule has 3 rings (SSSR count). The van der Waals surface area contributed by atoms with E-state index >= 15 is 0 Å². The zero-order chi connectivity index (χ0) is 17.5. The van der Waals surface area contributed by atoms with Gasteiger partial charge in [0, 0.05) is 17.2 Å². The molecule has 0 atom stereocenters. The second-order valence-corrected chi connectivity index (χ2v) is 8.90. The number of aliphatic imine (C=N–C) groups is 1. The van der Waals surface area contributed by atoms with Gasteiger partial charge < -0.3 is 0 Å². The molecular formula is C22H28ClN. The van der Waals surface area contributed by atoms with Gasteiger partial charge >= 0.3 is 0 Å². The Balaban J connectivity index is 1.95. The van der Waals surface area contributed by atoms with Crippen LogP contribution in [0.2, 0.25) is 5.02 Å². The number of fused-ring (bicyclic) bond motifs is 1. The molecular weight excluding hydrogens is 314 g/mol. The molecule has 2 aliphatic carbocycles. The van der Waals surface area contributed by atoms with Gasteiger partial charge in [0.2, 0.25) is 0 Å². The molecule has 0 amide bonds. The van der Waals surface area contributed by atoms with Gasteiger partial charge in [-0.3, -0.25) is 4.99 Å². The smallest absolute Gasteiger partial charge is 0.0657 e. The van der Waals surface area contributed by atoms with Crippen LogP contribution in [0.3, 0.4) is 0 Å². The maximum Gasteiger partial charge on any atom is 0.0657 e. The number of allylic oxidation sites excluding steroid dienone is 4. The average Bonchev–Trinajstić information content (AvgIpc) is 2.52. The van der Waals surface area contributed by atoms with Crippen LogP contribution in [0.15, 0.2) is 40.9 Å². The Labute approximate surface area is 151 Å². The van der Waals surface area contributed by atoms with Crippen molar-refractivity contribution in [2.75, 3.05) is 0 Å². The summed E-state index contributed by atoms with van der Waals surface area (Å²) in [7, 11) is 0. The van der Waals surface area contributed by atoms with Crippen LogP contribution in [0.1, 0.15) is 70.6 Å². The van der Waals surface area contributed by atoms with Crippen molar-refractivity contribution >= 4 is 17.3 Å². The molecule has 0 saturated carbocycles. The Morgan fingerprint density at radius 2 is 1.75 bits per heavy atom. The molecule has 1 aromatic rings. The summed E-state index contributed by atoms with van der Waals surface area (Å²) in [6, 6.07) is 4.47. The maximum absolute atomic E-state index is 6.88. The molecule has 1 nitrogen and oxygen atoms in total. The third-order valence-electron chi connectivity index (χ3n) is 5.63. The molecule has 0 bridgehead atoms. The van der Waals surface area contributed by atoms with Crippen LogP contribution in [-0.4, -0.2) is 5.71 Å². The SMILES string of the molecule is CC1=CCC(=NCc2ccc3c(c2Cl)C(C)(C)CCC3(C)C)C=C1. The maximum atomic E-state index is 6.88. The van der Waals surface area contributed by atoms with E-state index in [1.54, 1.807) is 0 Å². The molecule has 0 unspecified atom stereocenters. The molecule has 128 valence electrons. The van der Waals surface area contributed by atoms with E-state index in [1.807, 2.05) is 0 Å². The summed E-state index contributed by atoms with van der Waals surface area (Å²) in [4.78, 5) is 4.78. The van der Waals surface area contributed by atoms with Gasteiger partial charge in [-0.15, -0.1) is 0 Å². The summed E-state index contributed by atoms with van der Waals surface area (Å²) in [6.07, 6.45) is 9.78. The highest BCUT2D eigenvalue weighted by Gasteiger charge is 2.38. The Hall–Kier alpha value is -1.34. The molecule has 0 aliphatic heterocycles. The minimum absolute atomic E-state index is 0.135. The standard InChI is InChI=1S/C22H28ClN/c1-15-6-9-17(10-7-15)24-14-16-8-11-18-19(20(16)23)22(4,5)13-12-21(18,2)3/h6-9,11H,10,12-14H2,1-5H3. The van der Waals surface area contributed by atoms with Crippen molar-refractivity contribution in [2.24, 2.45) is 4.99 Å². The third kappa shape index (κ3) is 3.24. The Kier molecular flexibility index (Phi) is 4.51. The Morgan fingerprint density at radius 1 is 1.04 bits per heavy atom. The first-order valence-corrected chi connectivity index (χ1v) is 9.29. The van der Waals surface area contributed by atoms with Gasteiger partial charge in [0.1, 0.15) is 0 Å². The topological polar surface area (TPSA) is 12.4 Å². The molecule has 24 heavy (non-hydrogen) atoms. The van der Waals surface area contributed by atoms with Crippen molar-refractivity contribution in [3.8, 4) is 0 Å². The molecule has 0 N–H and O–H groups in total. The van der Waals surface area contributed by atoms with Crippen LogP contribution < -0.4 is 0 Å². The van der Waals surface area contributed by atoms with Crippen molar-refractivity contribution in [2.45, 2.75) is 71.3 Å².